The van der Waals surface area contributed by atoms with Gasteiger partial charge in [0.1, 0.15) is 11.4 Å². The number of nitrogens with zero attached hydrogens (tertiary/aromatic N) is 3. The Kier molecular flexibility index (Phi) is 7.23. The van der Waals surface area contributed by atoms with Gasteiger partial charge in [-0.3, -0.25) is 19.2 Å². The van der Waals surface area contributed by atoms with Crippen LogP contribution in [-0.2, 0) is 0 Å². The predicted octanol–water partition coefficient (Wildman–Crippen LogP) is -1.21. The summed E-state index contributed by atoms with van der Waals surface area (Å²) in [5, 5.41) is 24.1. The third-order valence-electron chi connectivity index (χ3n) is 3.64. The van der Waals surface area contributed by atoms with Crippen molar-refractivity contribution in [1.29, 1.82) is 0 Å². The van der Waals surface area contributed by atoms with E-state index in [0.717, 1.165) is 12.1 Å². The Hall–Kier alpha value is -3.25. The molecule has 0 aliphatic carbocycles. The molecule has 2 heterocycles. The quantitative estimate of drug-likeness (QED) is 0.272. The third kappa shape index (κ3) is 5.37. The molecule has 0 aliphatic rings. The Morgan fingerprint density at radius 2 is 1.25 bits per heavy atom. The molecular formula is C16H19N5O6S. The largest absolute Gasteiger partial charge is 0.425 e. The summed E-state index contributed by atoms with van der Waals surface area (Å²) < 4.78 is 2.04. The molecule has 0 saturated carbocycles. The summed E-state index contributed by atoms with van der Waals surface area (Å²) in [4.78, 5) is 46.4. The van der Waals surface area contributed by atoms with Crippen LogP contribution < -0.4 is 21.8 Å². The van der Waals surface area contributed by atoms with Gasteiger partial charge in [0.25, 0.3) is 22.9 Å². The van der Waals surface area contributed by atoms with Crippen molar-refractivity contribution in [3.05, 3.63) is 68.5 Å². The fraction of sp³-hybridized carbons (Fsp3) is 0.250. The third-order valence-corrected chi connectivity index (χ3v) is 4.04. The minimum absolute atomic E-state index is 0.175. The Morgan fingerprint density at radius 1 is 0.857 bits per heavy atom. The molecule has 2 aromatic rings. The van der Waals surface area contributed by atoms with E-state index in [4.69, 9.17) is 0 Å². The molecule has 0 aliphatic heterocycles. The van der Waals surface area contributed by atoms with Crippen molar-refractivity contribution in [3.63, 3.8) is 0 Å². The SMILES string of the molecule is O=C(NCCN(S)CCNC(=O)c1cccc(=O)n1O)c1cccc(=O)n1O. The van der Waals surface area contributed by atoms with Gasteiger partial charge in [-0.1, -0.05) is 24.9 Å². The summed E-state index contributed by atoms with van der Waals surface area (Å²) in [5.74, 6) is -1.25. The van der Waals surface area contributed by atoms with E-state index in [2.05, 4.69) is 23.4 Å². The maximum Gasteiger partial charge on any atom is 0.283 e. The van der Waals surface area contributed by atoms with E-state index in [1.165, 1.54) is 28.6 Å². The Bertz CT molecular complexity index is 895. The number of rotatable bonds is 8. The molecule has 2 amide bonds. The highest BCUT2D eigenvalue weighted by molar-refractivity contribution is 7.77. The van der Waals surface area contributed by atoms with Crippen LogP contribution in [0.3, 0.4) is 0 Å². The number of nitrogens with one attached hydrogen (secondary N) is 2. The van der Waals surface area contributed by atoms with Gasteiger partial charge in [0.15, 0.2) is 0 Å². The van der Waals surface area contributed by atoms with Gasteiger partial charge in [-0.2, -0.15) is 0 Å². The van der Waals surface area contributed by atoms with Gasteiger partial charge in [0.05, 0.1) is 0 Å². The molecule has 0 aromatic carbocycles. The molecule has 28 heavy (non-hydrogen) atoms. The molecule has 0 radical (unpaired) electrons. The first-order valence-corrected chi connectivity index (χ1v) is 8.54. The highest BCUT2D eigenvalue weighted by atomic mass is 32.1. The second-order valence-electron chi connectivity index (χ2n) is 5.59. The fourth-order valence-corrected chi connectivity index (χ4v) is 2.40. The molecule has 0 unspecified atom stereocenters. The van der Waals surface area contributed by atoms with E-state index >= 15 is 0 Å². The van der Waals surface area contributed by atoms with E-state index in [1.54, 1.807) is 0 Å². The van der Waals surface area contributed by atoms with Crippen molar-refractivity contribution < 1.29 is 20.0 Å². The van der Waals surface area contributed by atoms with Crippen LogP contribution in [0.5, 0.6) is 0 Å². The number of carbonyl (C=O) groups excluding carboxylic acids is 2. The van der Waals surface area contributed by atoms with Crippen LogP contribution in [0.25, 0.3) is 0 Å². The van der Waals surface area contributed by atoms with Gasteiger partial charge in [-0.05, 0) is 12.1 Å². The van der Waals surface area contributed by atoms with Crippen LogP contribution in [0, 0.1) is 0 Å². The smallest absolute Gasteiger partial charge is 0.283 e. The van der Waals surface area contributed by atoms with E-state index in [0.29, 0.717) is 13.1 Å². The summed E-state index contributed by atoms with van der Waals surface area (Å²) in [6, 6.07) is 7.55. The molecule has 0 saturated heterocycles. The van der Waals surface area contributed by atoms with Gasteiger partial charge in [0, 0.05) is 38.3 Å². The van der Waals surface area contributed by atoms with Crippen molar-refractivity contribution in [3.8, 4) is 0 Å². The normalized spacial score (nSPS) is 10.6. The lowest BCUT2D eigenvalue weighted by Crippen LogP contribution is -2.37. The van der Waals surface area contributed by atoms with Crippen LogP contribution >= 0.6 is 12.8 Å². The maximum atomic E-state index is 11.9. The number of hydrogen-bond acceptors (Lipinski definition) is 8. The van der Waals surface area contributed by atoms with Crippen molar-refractivity contribution in [2.24, 2.45) is 0 Å². The zero-order valence-corrected chi connectivity index (χ0v) is 15.5. The molecule has 0 atom stereocenters. The van der Waals surface area contributed by atoms with Crippen LogP contribution in [0.1, 0.15) is 21.0 Å². The fourth-order valence-electron chi connectivity index (χ4n) is 2.20. The molecule has 150 valence electrons. The Balaban J connectivity index is 1.73. The first-order valence-electron chi connectivity index (χ1n) is 8.14. The van der Waals surface area contributed by atoms with E-state index < -0.39 is 22.9 Å². The lowest BCUT2D eigenvalue weighted by molar-refractivity contribution is 0.0885. The number of amides is 2. The van der Waals surface area contributed by atoms with Crippen LogP contribution in [0.15, 0.2) is 46.0 Å². The number of pyridine rings is 2. The van der Waals surface area contributed by atoms with Crippen molar-refractivity contribution >= 4 is 24.6 Å². The topological polar surface area (TPSA) is 146 Å². The van der Waals surface area contributed by atoms with E-state index in [1.807, 2.05) is 0 Å². The minimum Gasteiger partial charge on any atom is -0.425 e. The molecule has 11 nitrogen and oxygen atoms in total. The maximum absolute atomic E-state index is 11.9. The zero-order valence-electron chi connectivity index (χ0n) is 14.6. The Morgan fingerprint density at radius 3 is 1.64 bits per heavy atom. The summed E-state index contributed by atoms with van der Waals surface area (Å²) in [7, 11) is 0. The van der Waals surface area contributed by atoms with Gasteiger partial charge >= 0.3 is 0 Å². The van der Waals surface area contributed by atoms with E-state index in [9.17, 15) is 29.6 Å². The summed E-state index contributed by atoms with van der Waals surface area (Å²) in [6.07, 6.45) is 0. The van der Waals surface area contributed by atoms with Gasteiger partial charge < -0.3 is 21.0 Å². The molecule has 4 N–H and O–H groups in total. The summed E-state index contributed by atoms with van der Waals surface area (Å²) in [5.41, 5.74) is -1.82. The first kappa shape index (κ1) is 21.1. The summed E-state index contributed by atoms with van der Waals surface area (Å²) in [6.45, 7) is 0.967. The molecule has 2 aromatic heterocycles. The number of aromatic nitrogens is 2. The van der Waals surface area contributed by atoms with Crippen LogP contribution in [0.2, 0.25) is 0 Å². The Labute approximate surface area is 164 Å². The first-order chi connectivity index (χ1) is 13.3. The minimum atomic E-state index is -0.717. The molecule has 0 bridgehead atoms. The standard InChI is InChI=1S/C16H19N5O6S/c22-13-5-1-3-11(20(13)26)15(24)17-7-9-19(28)10-8-18-16(25)12-4-2-6-14(23)21(12)27/h1-6,26-28H,7-10H2,(H,17,24)(H,18,25). The molecule has 0 fully saturated rings. The summed E-state index contributed by atoms with van der Waals surface area (Å²) >= 11 is 4.20. The van der Waals surface area contributed by atoms with Crippen LogP contribution in [-0.4, -0.2) is 62.2 Å². The highest BCUT2D eigenvalue weighted by Crippen LogP contribution is 1.96. The zero-order chi connectivity index (χ0) is 20.7. The average Bonchev–Trinajstić information content (AvgIpc) is 2.66. The number of thiol groups is 1. The second-order valence-corrected chi connectivity index (χ2v) is 6.15. The van der Waals surface area contributed by atoms with E-state index in [-0.39, 0.29) is 33.9 Å². The van der Waals surface area contributed by atoms with Crippen LogP contribution in [0.4, 0.5) is 0 Å². The number of carbonyl (C=O) groups is 2. The van der Waals surface area contributed by atoms with Crippen molar-refractivity contribution in [2.75, 3.05) is 26.2 Å². The monoisotopic (exact) mass is 409 g/mol. The predicted molar refractivity (Wildman–Crippen MR) is 101 cm³/mol. The second kappa shape index (κ2) is 9.62. The van der Waals surface area contributed by atoms with Crippen molar-refractivity contribution in [2.45, 2.75) is 0 Å². The lowest BCUT2D eigenvalue weighted by atomic mass is 10.3. The molecule has 12 heteroatoms. The molecule has 0 spiro atoms. The van der Waals surface area contributed by atoms with Crippen molar-refractivity contribution in [1.82, 2.24) is 24.4 Å². The molecular weight excluding hydrogens is 390 g/mol. The van der Waals surface area contributed by atoms with Gasteiger partial charge in [-0.25, -0.2) is 4.31 Å². The number of hydrogen-bond donors (Lipinski definition) is 5. The average molecular weight is 409 g/mol. The molecule has 2 rings (SSSR count). The van der Waals surface area contributed by atoms with Gasteiger partial charge in [-0.15, -0.1) is 9.46 Å². The highest BCUT2D eigenvalue weighted by Gasteiger charge is 2.13. The van der Waals surface area contributed by atoms with Gasteiger partial charge in [0.2, 0.25) is 0 Å². The lowest BCUT2D eigenvalue weighted by Gasteiger charge is -2.16.